The third-order valence-corrected chi connectivity index (χ3v) is 4.93. The van der Waals surface area contributed by atoms with Crippen molar-refractivity contribution in [3.63, 3.8) is 0 Å². The van der Waals surface area contributed by atoms with E-state index in [0.717, 1.165) is 17.4 Å². The molecule has 3 heterocycles. The van der Waals surface area contributed by atoms with Crippen LogP contribution in [0.5, 0.6) is 0 Å². The minimum atomic E-state index is 0.496. The number of furan rings is 1. The molecule has 2 aliphatic heterocycles. The molecule has 4 rings (SSSR count). The number of rotatable bonds is 4. The first kappa shape index (κ1) is 9.79. The van der Waals surface area contributed by atoms with Gasteiger partial charge in [0, 0.05) is 11.3 Å². The topological polar surface area (TPSA) is 25.2 Å². The molecule has 0 spiro atoms. The van der Waals surface area contributed by atoms with Crippen LogP contribution in [0.25, 0.3) is 0 Å². The fourth-order valence-electron chi connectivity index (χ4n) is 2.75. The van der Waals surface area contributed by atoms with Gasteiger partial charge < -0.3 is 9.73 Å². The van der Waals surface area contributed by atoms with Gasteiger partial charge >= 0.3 is 0 Å². The highest BCUT2D eigenvalue weighted by Crippen LogP contribution is 2.45. The largest absolute Gasteiger partial charge is 0.468 e. The van der Waals surface area contributed by atoms with Crippen molar-refractivity contribution in [2.45, 2.75) is 31.1 Å². The van der Waals surface area contributed by atoms with Gasteiger partial charge in [0.05, 0.1) is 12.0 Å². The molecular weight excluding hydrogens is 206 g/mol. The lowest BCUT2D eigenvalue weighted by molar-refractivity contribution is 0.257. The molecule has 3 fully saturated rings. The fraction of sp³-hybridized carbons (Fsp3) is 0.667. The summed E-state index contributed by atoms with van der Waals surface area (Å²) < 4.78 is 5.43. The summed E-state index contributed by atoms with van der Waals surface area (Å²) in [6, 6.07) is 2.04. The van der Waals surface area contributed by atoms with E-state index in [4.69, 9.17) is 4.42 Å². The average molecular weight is 223 g/mol. The number of fused-ring (bicyclic) bond motifs is 1. The first-order valence-electron chi connectivity index (χ1n) is 5.63. The van der Waals surface area contributed by atoms with Crippen LogP contribution in [0.4, 0.5) is 0 Å². The van der Waals surface area contributed by atoms with Gasteiger partial charge in [0.2, 0.25) is 0 Å². The molecule has 3 aliphatic rings. The lowest BCUT2D eigenvalue weighted by Gasteiger charge is -2.37. The van der Waals surface area contributed by atoms with Crippen LogP contribution < -0.4 is 5.32 Å². The van der Waals surface area contributed by atoms with Crippen LogP contribution in [0.1, 0.15) is 24.2 Å². The number of hydrogen-bond acceptors (Lipinski definition) is 3. The van der Waals surface area contributed by atoms with Crippen LogP contribution >= 0.6 is 11.8 Å². The van der Waals surface area contributed by atoms with Crippen molar-refractivity contribution in [2.75, 3.05) is 12.3 Å². The van der Waals surface area contributed by atoms with Crippen LogP contribution in [0.15, 0.2) is 16.7 Å². The highest BCUT2D eigenvalue weighted by Gasteiger charge is 2.49. The van der Waals surface area contributed by atoms with Gasteiger partial charge in [-0.15, -0.1) is 0 Å². The smallest absolute Gasteiger partial charge is 0.116 e. The Morgan fingerprint density at radius 3 is 3.07 bits per heavy atom. The molecular formula is C12H17NOS. The molecule has 0 aromatic carbocycles. The molecule has 1 aromatic rings. The number of aryl methyl sites for hydroxylation is 1. The van der Waals surface area contributed by atoms with Gasteiger partial charge in [-0.25, -0.2) is 0 Å². The lowest BCUT2D eigenvalue weighted by Crippen LogP contribution is -2.45. The summed E-state index contributed by atoms with van der Waals surface area (Å²) in [7, 11) is 0. The summed E-state index contributed by atoms with van der Waals surface area (Å²) in [4.78, 5) is 0. The third-order valence-electron chi connectivity index (χ3n) is 3.70. The lowest BCUT2D eigenvalue weighted by atomic mass is 9.75. The molecule has 1 aromatic heterocycles. The van der Waals surface area contributed by atoms with E-state index in [0.29, 0.717) is 5.54 Å². The number of thioether (sulfide) groups is 1. The molecule has 1 aliphatic carbocycles. The van der Waals surface area contributed by atoms with Gasteiger partial charge in [-0.2, -0.15) is 11.8 Å². The van der Waals surface area contributed by atoms with Gasteiger partial charge in [-0.1, -0.05) is 0 Å². The molecule has 0 radical (unpaired) electrons. The third kappa shape index (κ3) is 1.72. The monoisotopic (exact) mass is 223 g/mol. The predicted octanol–water partition coefficient (Wildman–Crippen LogP) is 2.57. The van der Waals surface area contributed by atoms with Gasteiger partial charge in [0.25, 0.3) is 0 Å². The second-order valence-corrected chi connectivity index (χ2v) is 5.94. The molecule has 0 atom stereocenters. The van der Waals surface area contributed by atoms with E-state index in [-0.39, 0.29) is 0 Å². The maximum absolute atomic E-state index is 5.43. The fourth-order valence-corrected chi connectivity index (χ4v) is 4.07. The molecule has 1 N–H and O–H groups in total. The van der Waals surface area contributed by atoms with Crippen LogP contribution in [-0.4, -0.2) is 17.8 Å². The zero-order valence-corrected chi connectivity index (χ0v) is 9.90. The van der Waals surface area contributed by atoms with Crippen LogP contribution in [0.3, 0.4) is 0 Å². The van der Waals surface area contributed by atoms with Crippen molar-refractivity contribution in [3.05, 3.63) is 23.7 Å². The van der Waals surface area contributed by atoms with Crippen LogP contribution in [-0.2, 0) is 5.75 Å². The predicted molar refractivity (Wildman–Crippen MR) is 63.1 cm³/mol. The maximum Gasteiger partial charge on any atom is 0.116 e. The Balaban J connectivity index is 1.49. The SMILES string of the molecule is Cc1ccoc1CSCC12CC(CN1)C2. The van der Waals surface area contributed by atoms with Crippen LogP contribution in [0.2, 0.25) is 0 Å². The zero-order valence-electron chi connectivity index (χ0n) is 9.08. The van der Waals surface area contributed by atoms with Gasteiger partial charge in [-0.05, 0) is 43.9 Å². The molecule has 2 saturated heterocycles. The van der Waals surface area contributed by atoms with Crippen molar-refractivity contribution in [1.29, 1.82) is 0 Å². The maximum atomic E-state index is 5.43. The summed E-state index contributed by atoms with van der Waals surface area (Å²) in [6.07, 6.45) is 4.59. The van der Waals surface area contributed by atoms with E-state index >= 15 is 0 Å². The Labute approximate surface area is 94.8 Å². The van der Waals surface area contributed by atoms with E-state index in [2.05, 4.69) is 12.2 Å². The second kappa shape index (κ2) is 3.56. The Hall–Kier alpha value is -0.410. The summed E-state index contributed by atoms with van der Waals surface area (Å²) in [5, 5.41) is 3.65. The van der Waals surface area contributed by atoms with E-state index in [1.165, 1.54) is 30.7 Å². The molecule has 82 valence electrons. The number of hydrogen-bond donors (Lipinski definition) is 1. The second-order valence-electron chi connectivity index (χ2n) is 4.96. The van der Waals surface area contributed by atoms with Crippen LogP contribution in [0, 0.1) is 12.8 Å². The Morgan fingerprint density at radius 2 is 2.47 bits per heavy atom. The first-order chi connectivity index (χ1) is 7.27. The van der Waals surface area contributed by atoms with Gasteiger partial charge in [-0.3, -0.25) is 0 Å². The van der Waals surface area contributed by atoms with Gasteiger partial charge in [0.15, 0.2) is 0 Å². The quantitative estimate of drug-likeness (QED) is 0.849. The molecule has 0 unspecified atom stereocenters. The van der Waals surface area contributed by atoms with Crippen molar-refractivity contribution in [3.8, 4) is 0 Å². The standard InChI is InChI=1S/C12H17NOS/c1-9-2-3-14-11(9)7-15-8-12-4-10(5-12)6-13-12/h2-3,10,13H,4-8H2,1H3. The Morgan fingerprint density at radius 1 is 1.60 bits per heavy atom. The molecule has 1 saturated carbocycles. The Bertz CT molecular complexity index is 349. The van der Waals surface area contributed by atoms with Crippen molar-refractivity contribution >= 4 is 11.8 Å². The molecule has 2 bridgehead atoms. The summed E-state index contributed by atoms with van der Waals surface area (Å²) in [5.74, 6) is 4.39. The first-order valence-corrected chi connectivity index (χ1v) is 6.79. The minimum absolute atomic E-state index is 0.496. The normalized spacial score (nSPS) is 33.0. The summed E-state index contributed by atoms with van der Waals surface area (Å²) in [6.45, 7) is 3.37. The number of nitrogens with one attached hydrogen (secondary N) is 1. The Kier molecular flexibility index (Phi) is 2.33. The summed E-state index contributed by atoms with van der Waals surface area (Å²) in [5.41, 5.74) is 1.78. The van der Waals surface area contributed by atoms with E-state index in [9.17, 15) is 0 Å². The van der Waals surface area contributed by atoms with Crippen molar-refractivity contribution in [2.24, 2.45) is 5.92 Å². The zero-order chi connectivity index (χ0) is 10.3. The highest BCUT2D eigenvalue weighted by atomic mass is 32.2. The summed E-state index contributed by atoms with van der Waals surface area (Å²) >= 11 is 2.00. The van der Waals surface area contributed by atoms with Crippen molar-refractivity contribution < 1.29 is 4.42 Å². The minimum Gasteiger partial charge on any atom is -0.468 e. The van der Waals surface area contributed by atoms with Gasteiger partial charge in [0.1, 0.15) is 5.76 Å². The van der Waals surface area contributed by atoms with E-state index < -0.39 is 0 Å². The molecule has 2 nitrogen and oxygen atoms in total. The van der Waals surface area contributed by atoms with E-state index in [1.54, 1.807) is 6.26 Å². The highest BCUT2D eigenvalue weighted by molar-refractivity contribution is 7.98. The van der Waals surface area contributed by atoms with E-state index in [1.807, 2.05) is 17.8 Å². The molecule has 15 heavy (non-hydrogen) atoms. The molecule has 0 amide bonds. The van der Waals surface area contributed by atoms with Crippen molar-refractivity contribution in [1.82, 2.24) is 5.32 Å². The molecule has 3 heteroatoms. The average Bonchev–Trinajstić information content (AvgIpc) is 2.81.